The van der Waals surface area contributed by atoms with Gasteiger partial charge in [0.2, 0.25) is 0 Å². The lowest BCUT2D eigenvalue weighted by atomic mass is 10.1. The lowest BCUT2D eigenvalue weighted by Crippen LogP contribution is -2.23. The standard InChI is InChI=1S/C10H18N4/c1-7(2)6-14-10(11)8-3-4-12-5-9(8)13-14/h7,12H,3-6,11H2,1-2H3. The van der Waals surface area contributed by atoms with Gasteiger partial charge in [-0.25, -0.2) is 4.68 Å². The third kappa shape index (κ3) is 1.62. The Morgan fingerprint density at radius 2 is 2.36 bits per heavy atom. The van der Waals surface area contributed by atoms with Gasteiger partial charge in [-0.15, -0.1) is 0 Å². The zero-order valence-electron chi connectivity index (χ0n) is 8.88. The lowest BCUT2D eigenvalue weighted by molar-refractivity contribution is 0.483. The van der Waals surface area contributed by atoms with E-state index in [9.17, 15) is 0 Å². The number of nitrogens with two attached hydrogens (primary N) is 1. The quantitative estimate of drug-likeness (QED) is 0.731. The normalized spacial score (nSPS) is 15.9. The molecule has 4 nitrogen and oxygen atoms in total. The van der Waals surface area contributed by atoms with E-state index >= 15 is 0 Å². The van der Waals surface area contributed by atoms with Gasteiger partial charge >= 0.3 is 0 Å². The van der Waals surface area contributed by atoms with Crippen LogP contribution in [0.3, 0.4) is 0 Å². The van der Waals surface area contributed by atoms with Crippen molar-refractivity contribution in [1.82, 2.24) is 15.1 Å². The monoisotopic (exact) mass is 194 g/mol. The first-order valence-corrected chi connectivity index (χ1v) is 5.23. The number of aromatic nitrogens is 2. The molecule has 0 aliphatic carbocycles. The Labute approximate surface area is 84.5 Å². The molecule has 3 N–H and O–H groups in total. The second-order valence-corrected chi connectivity index (χ2v) is 4.31. The smallest absolute Gasteiger partial charge is 0.125 e. The molecule has 14 heavy (non-hydrogen) atoms. The molecule has 2 rings (SSSR count). The van der Waals surface area contributed by atoms with Crippen LogP contribution in [0.25, 0.3) is 0 Å². The summed E-state index contributed by atoms with van der Waals surface area (Å²) in [5.74, 6) is 1.46. The van der Waals surface area contributed by atoms with Crippen molar-refractivity contribution in [3.63, 3.8) is 0 Å². The zero-order chi connectivity index (χ0) is 10.1. The topological polar surface area (TPSA) is 55.9 Å². The van der Waals surface area contributed by atoms with E-state index in [1.165, 1.54) is 5.56 Å². The fraction of sp³-hybridized carbons (Fsp3) is 0.700. The van der Waals surface area contributed by atoms with E-state index in [0.717, 1.165) is 37.6 Å². The van der Waals surface area contributed by atoms with E-state index in [1.807, 2.05) is 4.68 Å². The SMILES string of the molecule is CC(C)Cn1nc2c(c1N)CCNC2. The van der Waals surface area contributed by atoms with E-state index in [2.05, 4.69) is 24.3 Å². The number of rotatable bonds is 2. The first kappa shape index (κ1) is 9.52. The van der Waals surface area contributed by atoms with E-state index in [-0.39, 0.29) is 0 Å². The highest BCUT2D eigenvalue weighted by atomic mass is 15.3. The van der Waals surface area contributed by atoms with Crippen LogP contribution < -0.4 is 11.1 Å². The average Bonchev–Trinajstić information content (AvgIpc) is 2.44. The summed E-state index contributed by atoms with van der Waals surface area (Å²) < 4.78 is 1.95. The van der Waals surface area contributed by atoms with Gasteiger partial charge in [-0.05, 0) is 18.9 Å². The predicted molar refractivity (Wildman–Crippen MR) is 56.9 cm³/mol. The van der Waals surface area contributed by atoms with Crippen molar-refractivity contribution < 1.29 is 0 Å². The highest BCUT2D eigenvalue weighted by molar-refractivity contribution is 5.44. The number of hydrogen-bond acceptors (Lipinski definition) is 3. The Balaban J connectivity index is 2.29. The van der Waals surface area contributed by atoms with Crippen molar-refractivity contribution >= 4 is 5.82 Å². The molecule has 1 aromatic heterocycles. The summed E-state index contributed by atoms with van der Waals surface area (Å²) in [4.78, 5) is 0. The van der Waals surface area contributed by atoms with Crippen molar-refractivity contribution in [2.45, 2.75) is 33.4 Å². The van der Waals surface area contributed by atoms with Crippen LogP contribution in [0, 0.1) is 5.92 Å². The summed E-state index contributed by atoms with van der Waals surface area (Å²) in [5, 5.41) is 7.82. The summed E-state index contributed by atoms with van der Waals surface area (Å²) in [6, 6.07) is 0. The van der Waals surface area contributed by atoms with Crippen molar-refractivity contribution in [1.29, 1.82) is 0 Å². The third-order valence-electron chi connectivity index (χ3n) is 2.56. The number of nitrogens with one attached hydrogen (secondary N) is 1. The Morgan fingerprint density at radius 3 is 3.00 bits per heavy atom. The van der Waals surface area contributed by atoms with Crippen molar-refractivity contribution in [2.24, 2.45) is 5.92 Å². The number of nitrogen functional groups attached to an aromatic ring is 1. The van der Waals surface area contributed by atoms with Crippen LogP contribution in [-0.4, -0.2) is 16.3 Å². The minimum Gasteiger partial charge on any atom is -0.384 e. The summed E-state index contributed by atoms with van der Waals surface area (Å²) in [6.07, 6.45) is 1.01. The molecule has 0 aromatic carbocycles. The van der Waals surface area contributed by atoms with E-state index in [4.69, 9.17) is 5.73 Å². The number of fused-ring (bicyclic) bond motifs is 1. The summed E-state index contributed by atoms with van der Waals surface area (Å²) >= 11 is 0. The van der Waals surface area contributed by atoms with Crippen LogP contribution in [0.5, 0.6) is 0 Å². The van der Waals surface area contributed by atoms with E-state index < -0.39 is 0 Å². The van der Waals surface area contributed by atoms with Gasteiger partial charge in [0.1, 0.15) is 5.82 Å². The van der Waals surface area contributed by atoms with Gasteiger partial charge < -0.3 is 11.1 Å². The molecule has 0 amide bonds. The fourth-order valence-corrected chi connectivity index (χ4v) is 1.88. The molecule has 0 radical (unpaired) electrons. The molecule has 0 atom stereocenters. The van der Waals surface area contributed by atoms with E-state index in [0.29, 0.717) is 5.92 Å². The maximum absolute atomic E-state index is 6.05. The fourth-order valence-electron chi connectivity index (χ4n) is 1.88. The van der Waals surface area contributed by atoms with Gasteiger partial charge in [-0.2, -0.15) is 5.10 Å². The average molecular weight is 194 g/mol. The molecule has 1 aromatic rings. The van der Waals surface area contributed by atoms with Gasteiger partial charge in [0, 0.05) is 18.7 Å². The van der Waals surface area contributed by atoms with Crippen LogP contribution in [0.2, 0.25) is 0 Å². The highest BCUT2D eigenvalue weighted by Gasteiger charge is 2.18. The molecule has 0 saturated heterocycles. The lowest BCUT2D eigenvalue weighted by Gasteiger charge is -2.10. The van der Waals surface area contributed by atoms with Crippen LogP contribution in [0.4, 0.5) is 5.82 Å². The molecule has 0 bridgehead atoms. The molecule has 4 heteroatoms. The predicted octanol–water partition coefficient (Wildman–Crippen LogP) is 0.767. The van der Waals surface area contributed by atoms with Crippen LogP contribution in [-0.2, 0) is 19.5 Å². The minimum absolute atomic E-state index is 0.589. The zero-order valence-corrected chi connectivity index (χ0v) is 8.88. The number of hydrogen-bond donors (Lipinski definition) is 2. The van der Waals surface area contributed by atoms with Gasteiger partial charge in [0.15, 0.2) is 0 Å². The first-order chi connectivity index (χ1) is 6.68. The van der Waals surface area contributed by atoms with Crippen LogP contribution >= 0.6 is 0 Å². The summed E-state index contributed by atoms with van der Waals surface area (Å²) in [5.41, 5.74) is 8.43. The second kappa shape index (κ2) is 3.61. The maximum Gasteiger partial charge on any atom is 0.125 e. The summed E-state index contributed by atoms with van der Waals surface area (Å²) in [6.45, 7) is 7.16. The molecule has 0 spiro atoms. The molecule has 0 saturated carbocycles. The molecular formula is C10H18N4. The summed E-state index contributed by atoms with van der Waals surface area (Å²) in [7, 11) is 0. The Morgan fingerprint density at radius 1 is 1.57 bits per heavy atom. The number of anilines is 1. The molecule has 1 aliphatic heterocycles. The minimum atomic E-state index is 0.589. The van der Waals surface area contributed by atoms with Gasteiger partial charge in [0.25, 0.3) is 0 Å². The van der Waals surface area contributed by atoms with Gasteiger partial charge in [0.05, 0.1) is 5.69 Å². The van der Waals surface area contributed by atoms with Crippen LogP contribution in [0.1, 0.15) is 25.1 Å². The van der Waals surface area contributed by atoms with Gasteiger partial charge in [-0.1, -0.05) is 13.8 Å². The molecular weight excluding hydrogens is 176 g/mol. The van der Waals surface area contributed by atoms with Gasteiger partial charge in [-0.3, -0.25) is 0 Å². The second-order valence-electron chi connectivity index (χ2n) is 4.31. The number of nitrogens with zero attached hydrogens (tertiary/aromatic N) is 2. The highest BCUT2D eigenvalue weighted by Crippen LogP contribution is 2.20. The maximum atomic E-state index is 6.05. The van der Waals surface area contributed by atoms with E-state index in [1.54, 1.807) is 0 Å². The Hall–Kier alpha value is -1.03. The largest absolute Gasteiger partial charge is 0.384 e. The first-order valence-electron chi connectivity index (χ1n) is 5.23. The Kier molecular flexibility index (Phi) is 2.46. The molecule has 78 valence electrons. The van der Waals surface area contributed by atoms with Crippen molar-refractivity contribution in [2.75, 3.05) is 12.3 Å². The molecule has 1 aliphatic rings. The molecule has 0 fully saturated rings. The molecule has 0 unspecified atom stereocenters. The Bertz CT molecular complexity index is 327. The third-order valence-corrected chi connectivity index (χ3v) is 2.56. The van der Waals surface area contributed by atoms with Crippen molar-refractivity contribution in [3.8, 4) is 0 Å². The van der Waals surface area contributed by atoms with Crippen molar-refractivity contribution in [3.05, 3.63) is 11.3 Å². The van der Waals surface area contributed by atoms with Crippen LogP contribution in [0.15, 0.2) is 0 Å². The molecule has 2 heterocycles.